The highest BCUT2D eigenvalue weighted by Crippen LogP contribution is 2.75. The van der Waals surface area contributed by atoms with Crippen molar-refractivity contribution in [2.75, 3.05) is 0 Å². The minimum atomic E-state index is -0.679. The number of carboxylic acid groups (broad SMARTS) is 1. The molecule has 5 rings (SSSR count). The second-order valence-electron chi connectivity index (χ2n) is 15.2. The van der Waals surface area contributed by atoms with Crippen LogP contribution in [0.15, 0.2) is 11.6 Å². The van der Waals surface area contributed by atoms with Gasteiger partial charge in [0.1, 0.15) is 0 Å². The predicted molar refractivity (Wildman–Crippen MR) is 134 cm³/mol. The van der Waals surface area contributed by atoms with Crippen molar-refractivity contribution in [2.45, 2.75) is 118 Å². The number of fused-ring (bicyclic) bond motifs is 7. The SMILES string of the molecule is CC1(C)CCC2(C(=O)O)CCC3(C)C(=CCC4[C@@]5(C)CC(O)C(O)C(C)(C)C5CC[C@]43C)C2C1. The quantitative estimate of drug-likeness (QED) is 0.397. The lowest BCUT2D eigenvalue weighted by Gasteiger charge is -2.71. The molecule has 4 fully saturated rings. The molecule has 0 aliphatic heterocycles. The fourth-order valence-corrected chi connectivity index (χ4v) is 10.8. The molecular formula is C30H48O4. The lowest BCUT2D eigenvalue weighted by Crippen LogP contribution is -2.67. The molecule has 4 nitrogen and oxygen atoms in total. The zero-order valence-corrected chi connectivity index (χ0v) is 22.6. The molecule has 0 aromatic carbocycles. The van der Waals surface area contributed by atoms with Crippen molar-refractivity contribution >= 4 is 5.97 Å². The van der Waals surface area contributed by atoms with E-state index in [0.717, 1.165) is 51.4 Å². The topological polar surface area (TPSA) is 77.8 Å². The highest BCUT2D eigenvalue weighted by molar-refractivity contribution is 5.76. The van der Waals surface area contributed by atoms with Gasteiger partial charge in [-0.1, -0.05) is 60.1 Å². The molecule has 7 unspecified atom stereocenters. The highest BCUT2D eigenvalue weighted by atomic mass is 16.4. The summed E-state index contributed by atoms with van der Waals surface area (Å²) in [6.45, 7) is 16.3. The summed E-state index contributed by atoms with van der Waals surface area (Å²) < 4.78 is 0. The van der Waals surface area contributed by atoms with Crippen LogP contribution in [0, 0.1) is 50.2 Å². The summed E-state index contributed by atoms with van der Waals surface area (Å²) in [4.78, 5) is 12.8. The van der Waals surface area contributed by atoms with Gasteiger partial charge in [-0.2, -0.15) is 0 Å². The molecule has 4 saturated carbocycles. The van der Waals surface area contributed by atoms with E-state index in [4.69, 9.17) is 0 Å². The van der Waals surface area contributed by atoms with E-state index in [1.165, 1.54) is 5.57 Å². The van der Waals surface area contributed by atoms with Gasteiger partial charge in [0, 0.05) is 0 Å². The Labute approximate surface area is 206 Å². The first-order chi connectivity index (χ1) is 15.6. The molecule has 0 bridgehead atoms. The van der Waals surface area contributed by atoms with Crippen LogP contribution in [-0.2, 0) is 4.79 Å². The number of rotatable bonds is 1. The Morgan fingerprint density at radius 1 is 0.882 bits per heavy atom. The van der Waals surface area contributed by atoms with E-state index >= 15 is 0 Å². The van der Waals surface area contributed by atoms with Crippen LogP contribution < -0.4 is 0 Å². The summed E-state index contributed by atoms with van der Waals surface area (Å²) in [5.74, 6) is 0.365. The maximum absolute atomic E-state index is 12.8. The van der Waals surface area contributed by atoms with Crippen molar-refractivity contribution in [2.24, 2.45) is 50.2 Å². The number of aliphatic hydroxyl groups is 2. The van der Waals surface area contributed by atoms with Crippen molar-refractivity contribution < 1.29 is 20.1 Å². The van der Waals surface area contributed by atoms with E-state index in [0.29, 0.717) is 18.3 Å². The zero-order valence-electron chi connectivity index (χ0n) is 22.6. The molecule has 0 saturated heterocycles. The average Bonchev–Trinajstić information content (AvgIpc) is 2.72. The first-order valence-electron chi connectivity index (χ1n) is 13.9. The van der Waals surface area contributed by atoms with Crippen LogP contribution in [0.25, 0.3) is 0 Å². The smallest absolute Gasteiger partial charge is 0.310 e. The van der Waals surface area contributed by atoms with Crippen molar-refractivity contribution in [3.05, 3.63) is 11.6 Å². The molecule has 0 spiro atoms. The first-order valence-corrected chi connectivity index (χ1v) is 13.9. The van der Waals surface area contributed by atoms with E-state index in [1.807, 2.05) is 0 Å². The molecule has 0 aromatic rings. The van der Waals surface area contributed by atoms with Gasteiger partial charge >= 0.3 is 5.97 Å². The minimum Gasteiger partial charge on any atom is -0.481 e. The molecule has 0 heterocycles. The van der Waals surface area contributed by atoms with Crippen LogP contribution >= 0.6 is 0 Å². The van der Waals surface area contributed by atoms with Gasteiger partial charge in [0.05, 0.1) is 17.6 Å². The van der Waals surface area contributed by atoms with E-state index in [-0.39, 0.29) is 33.0 Å². The summed E-state index contributed by atoms with van der Waals surface area (Å²) in [6.07, 6.45) is 9.45. The van der Waals surface area contributed by atoms with Crippen LogP contribution in [0.4, 0.5) is 0 Å². The molecule has 34 heavy (non-hydrogen) atoms. The van der Waals surface area contributed by atoms with Crippen LogP contribution in [0.1, 0.15) is 106 Å². The maximum Gasteiger partial charge on any atom is 0.310 e. The van der Waals surface area contributed by atoms with Crippen molar-refractivity contribution in [3.8, 4) is 0 Å². The molecule has 3 N–H and O–H groups in total. The van der Waals surface area contributed by atoms with Crippen molar-refractivity contribution in [3.63, 3.8) is 0 Å². The van der Waals surface area contributed by atoms with Crippen LogP contribution in [0.5, 0.6) is 0 Å². The number of allylic oxidation sites excluding steroid dienone is 2. The Bertz CT molecular complexity index is 919. The second kappa shape index (κ2) is 7.12. The zero-order chi connectivity index (χ0) is 25.1. The Hall–Kier alpha value is -0.870. The van der Waals surface area contributed by atoms with E-state index in [9.17, 15) is 20.1 Å². The first kappa shape index (κ1) is 24.8. The summed E-state index contributed by atoms with van der Waals surface area (Å²) in [5, 5.41) is 32.4. The normalized spacial score (nSPS) is 53.4. The molecular weight excluding hydrogens is 424 g/mol. The molecule has 9 atom stereocenters. The number of hydrogen-bond acceptors (Lipinski definition) is 3. The van der Waals surface area contributed by atoms with Crippen molar-refractivity contribution in [1.29, 1.82) is 0 Å². The maximum atomic E-state index is 12.8. The summed E-state index contributed by atoms with van der Waals surface area (Å²) in [6, 6.07) is 0. The van der Waals surface area contributed by atoms with Gasteiger partial charge in [-0.15, -0.1) is 0 Å². The molecule has 0 amide bonds. The van der Waals surface area contributed by atoms with E-state index in [2.05, 4.69) is 54.5 Å². The van der Waals surface area contributed by atoms with Crippen LogP contribution in [0.3, 0.4) is 0 Å². The van der Waals surface area contributed by atoms with Crippen molar-refractivity contribution in [1.82, 2.24) is 0 Å². The molecule has 192 valence electrons. The second-order valence-corrected chi connectivity index (χ2v) is 15.2. The van der Waals surface area contributed by atoms with Crippen LogP contribution in [-0.4, -0.2) is 33.5 Å². The number of carbonyl (C=O) groups is 1. The third-order valence-electron chi connectivity index (χ3n) is 13.0. The predicted octanol–water partition coefficient (Wildman–Crippen LogP) is 6.20. The Morgan fingerprint density at radius 2 is 1.53 bits per heavy atom. The molecule has 0 aromatic heterocycles. The lowest BCUT2D eigenvalue weighted by atomic mass is 9.33. The molecule has 5 aliphatic rings. The van der Waals surface area contributed by atoms with Gasteiger partial charge in [-0.3, -0.25) is 4.79 Å². The summed E-state index contributed by atoms with van der Waals surface area (Å²) in [7, 11) is 0. The number of hydrogen-bond donors (Lipinski definition) is 3. The summed E-state index contributed by atoms with van der Waals surface area (Å²) in [5.41, 5.74) is 0.754. The average molecular weight is 473 g/mol. The Balaban J connectivity index is 1.61. The lowest BCUT2D eigenvalue weighted by molar-refractivity contribution is -0.231. The van der Waals surface area contributed by atoms with E-state index < -0.39 is 23.6 Å². The largest absolute Gasteiger partial charge is 0.481 e. The molecule has 0 radical (unpaired) electrons. The Morgan fingerprint density at radius 3 is 2.18 bits per heavy atom. The fourth-order valence-electron chi connectivity index (χ4n) is 10.8. The summed E-state index contributed by atoms with van der Waals surface area (Å²) >= 11 is 0. The molecule has 5 aliphatic carbocycles. The van der Waals surface area contributed by atoms with E-state index in [1.54, 1.807) is 0 Å². The number of aliphatic hydroxyl groups excluding tert-OH is 2. The number of aliphatic carboxylic acids is 1. The van der Waals surface area contributed by atoms with Crippen LogP contribution in [0.2, 0.25) is 0 Å². The molecule has 4 heteroatoms. The Kier molecular flexibility index (Phi) is 5.20. The standard InChI is InChI=1S/C30H48O4/c1-25(2)12-14-30(24(33)34)15-13-28(6)18(19(30)16-25)8-9-22-27(5)17-20(31)23(32)26(3,4)21(27)10-11-29(22,28)7/h8,19-23,31-32H,9-17H2,1-7H3,(H,33,34)/t19?,20?,21?,22?,23?,27-,28?,29+,30?/m0/s1. The van der Waals surface area contributed by atoms with Gasteiger partial charge < -0.3 is 15.3 Å². The third kappa shape index (κ3) is 2.88. The number of carboxylic acids is 1. The minimum absolute atomic E-state index is 0.00785. The van der Waals surface area contributed by atoms with Gasteiger partial charge in [-0.25, -0.2) is 0 Å². The highest BCUT2D eigenvalue weighted by Gasteiger charge is 2.70. The van der Waals surface area contributed by atoms with Gasteiger partial charge in [0.25, 0.3) is 0 Å². The van der Waals surface area contributed by atoms with Gasteiger partial charge in [0.2, 0.25) is 0 Å². The fraction of sp³-hybridized carbons (Fsp3) is 0.900. The van der Waals surface area contributed by atoms with Gasteiger partial charge in [0.15, 0.2) is 0 Å². The monoisotopic (exact) mass is 472 g/mol. The third-order valence-corrected chi connectivity index (χ3v) is 13.0. The van der Waals surface area contributed by atoms with Gasteiger partial charge in [-0.05, 0) is 103 Å².